The standard InChI is InChI=1S/C14H21O4P.Li.H/c1-9(19)5-6-10(15)13-11(16-2)7-8-12(17-3)14(13)18-4;;/h7-9H,5-6,19H2,1-4H3;;. The van der Waals surface area contributed by atoms with Crippen LogP contribution in [0, 0.1) is 0 Å². The normalized spacial score (nSPS) is 11.2. The summed E-state index contributed by atoms with van der Waals surface area (Å²) in [6.45, 7) is 2.05. The van der Waals surface area contributed by atoms with Crippen LogP contribution in [0.5, 0.6) is 17.2 Å². The van der Waals surface area contributed by atoms with Crippen molar-refractivity contribution in [3.8, 4) is 17.2 Å². The zero-order chi connectivity index (χ0) is 14.4. The quantitative estimate of drug-likeness (QED) is 0.439. The van der Waals surface area contributed by atoms with Crippen molar-refractivity contribution in [2.75, 3.05) is 21.3 Å². The third kappa shape index (κ3) is 4.70. The fourth-order valence-electron chi connectivity index (χ4n) is 1.83. The minimum absolute atomic E-state index is 0. The number of hydrogen-bond acceptors (Lipinski definition) is 4. The molecule has 2 atom stereocenters. The van der Waals surface area contributed by atoms with Crippen molar-refractivity contribution in [3.63, 3.8) is 0 Å². The number of ether oxygens (including phenoxy) is 3. The number of benzene rings is 1. The Hall–Kier alpha value is -0.683. The summed E-state index contributed by atoms with van der Waals surface area (Å²) < 4.78 is 15.8. The SMILES string of the molecule is COc1ccc(OC)c(C(=O)CCC(C)P)c1OC.[LiH]. The molecule has 0 aliphatic rings. The van der Waals surface area contributed by atoms with Crippen molar-refractivity contribution in [2.24, 2.45) is 0 Å². The monoisotopic (exact) mass is 292 g/mol. The maximum absolute atomic E-state index is 12.4. The van der Waals surface area contributed by atoms with Gasteiger partial charge in [-0.25, -0.2) is 0 Å². The van der Waals surface area contributed by atoms with Gasteiger partial charge in [-0.2, -0.15) is 0 Å². The van der Waals surface area contributed by atoms with E-state index in [2.05, 4.69) is 16.2 Å². The molecule has 0 N–H and O–H groups in total. The summed E-state index contributed by atoms with van der Waals surface area (Å²) in [5.74, 6) is 1.48. The van der Waals surface area contributed by atoms with Gasteiger partial charge in [0.15, 0.2) is 17.3 Å². The number of Topliss-reactive ketones (excluding diaryl/α,β-unsaturated/α-hetero) is 1. The van der Waals surface area contributed by atoms with E-state index in [0.717, 1.165) is 6.42 Å². The fourth-order valence-corrected chi connectivity index (χ4v) is 1.99. The average Bonchev–Trinajstić information content (AvgIpc) is 2.42. The van der Waals surface area contributed by atoms with Gasteiger partial charge >= 0.3 is 18.9 Å². The topological polar surface area (TPSA) is 44.8 Å². The van der Waals surface area contributed by atoms with Crippen LogP contribution in [0.25, 0.3) is 0 Å². The van der Waals surface area contributed by atoms with Gasteiger partial charge in [-0.1, -0.05) is 6.92 Å². The van der Waals surface area contributed by atoms with E-state index in [1.807, 2.05) is 0 Å². The number of hydrogen-bond donors (Lipinski definition) is 0. The molecule has 0 spiro atoms. The second kappa shape index (κ2) is 9.29. The Kier molecular flexibility index (Phi) is 8.97. The maximum atomic E-state index is 12.4. The van der Waals surface area contributed by atoms with E-state index in [0.29, 0.717) is 34.9 Å². The van der Waals surface area contributed by atoms with Crippen molar-refractivity contribution in [2.45, 2.75) is 25.4 Å². The van der Waals surface area contributed by atoms with Crippen LogP contribution in [0.15, 0.2) is 12.1 Å². The molecule has 20 heavy (non-hydrogen) atoms. The van der Waals surface area contributed by atoms with Gasteiger partial charge in [-0.15, -0.1) is 9.24 Å². The van der Waals surface area contributed by atoms with Gasteiger partial charge in [-0.3, -0.25) is 4.79 Å². The van der Waals surface area contributed by atoms with Gasteiger partial charge in [0, 0.05) is 6.42 Å². The molecular formula is C14H22LiO4P. The van der Waals surface area contributed by atoms with Crippen LogP contribution in [-0.4, -0.2) is 51.6 Å². The molecule has 0 saturated carbocycles. The first-order valence-electron chi connectivity index (χ1n) is 6.12. The number of rotatable bonds is 7. The molecule has 0 aliphatic carbocycles. The van der Waals surface area contributed by atoms with Crippen molar-refractivity contribution in [1.82, 2.24) is 0 Å². The van der Waals surface area contributed by atoms with Crippen LogP contribution in [0.2, 0.25) is 0 Å². The zero-order valence-electron chi connectivity index (χ0n) is 11.9. The molecule has 1 aromatic rings. The van der Waals surface area contributed by atoms with Crippen LogP contribution in [-0.2, 0) is 0 Å². The molecule has 0 aromatic heterocycles. The zero-order valence-corrected chi connectivity index (χ0v) is 13.0. The van der Waals surface area contributed by atoms with E-state index in [1.165, 1.54) is 14.2 Å². The molecule has 0 amide bonds. The van der Waals surface area contributed by atoms with Crippen LogP contribution >= 0.6 is 9.24 Å². The number of carbonyl (C=O) groups is 1. The summed E-state index contributed by atoms with van der Waals surface area (Å²) in [6, 6.07) is 3.45. The molecule has 6 heteroatoms. The molecule has 0 saturated heterocycles. The Bertz CT molecular complexity index is 449. The molecule has 0 radical (unpaired) electrons. The van der Waals surface area contributed by atoms with Gasteiger partial charge in [0.25, 0.3) is 0 Å². The van der Waals surface area contributed by atoms with E-state index < -0.39 is 0 Å². The second-order valence-corrected chi connectivity index (χ2v) is 5.46. The molecule has 1 aromatic carbocycles. The van der Waals surface area contributed by atoms with Crippen molar-refractivity contribution in [1.29, 1.82) is 0 Å². The molecule has 1 rings (SSSR count). The average molecular weight is 292 g/mol. The Labute approximate surface area is 134 Å². The van der Waals surface area contributed by atoms with Gasteiger partial charge in [0.05, 0.1) is 21.3 Å². The molecule has 0 bridgehead atoms. The summed E-state index contributed by atoms with van der Waals surface area (Å²) in [6.07, 6.45) is 1.25. The third-order valence-electron chi connectivity index (χ3n) is 2.83. The van der Waals surface area contributed by atoms with E-state index in [1.54, 1.807) is 19.2 Å². The predicted molar refractivity (Wildman–Crippen MR) is 86.0 cm³/mol. The summed E-state index contributed by atoms with van der Waals surface area (Å²) in [7, 11) is 7.29. The van der Waals surface area contributed by atoms with Crippen LogP contribution in [0.3, 0.4) is 0 Å². The molecule has 0 heterocycles. The third-order valence-corrected chi connectivity index (χ3v) is 3.17. The van der Waals surface area contributed by atoms with Gasteiger partial charge in [0.2, 0.25) is 0 Å². The summed E-state index contributed by atoms with van der Waals surface area (Å²) >= 11 is 0. The Morgan fingerprint density at radius 2 is 1.70 bits per heavy atom. The molecule has 0 aliphatic heterocycles. The minimum atomic E-state index is 0. The first-order valence-corrected chi connectivity index (χ1v) is 6.79. The van der Waals surface area contributed by atoms with Gasteiger partial charge in [-0.05, 0) is 24.2 Å². The van der Waals surface area contributed by atoms with Crippen molar-refractivity contribution < 1.29 is 19.0 Å². The number of ketones is 1. The Balaban J connectivity index is 0.00000361. The summed E-state index contributed by atoms with van der Waals surface area (Å²) in [5.41, 5.74) is 0.849. The molecule has 2 unspecified atom stereocenters. The molecular weight excluding hydrogens is 270 g/mol. The Morgan fingerprint density at radius 3 is 2.15 bits per heavy atom. The second-order valence-electron chi connectivity index (χ2n) is 4.32. The first kappa shape index (κ1) is 19.3. The van der Waals surface area contributed by atoms with E-state index in [-0.39, 0.29) is 24.6 Å². The molecule has 0 fully saturated rings. The predicted octanol–water partition coefficient (Wildman–Crippen LogP) is 2.29. The first-order chi connectivity index (χ1) is 9.04. The molecule has 108 valence electrons. The van der Waals surface area contributed by atoms with E-state index in [4.69, 9.17) is 14.2 Å². The van der Waals surface area contributed by atoms with Crippen LogP contribution in [0.4, 0.5) is 0 Å². The fraction of sp³-hybridized carbons (Fsp3) is 0.500. The number of carbonyl (C=O) groups excluding carboxylic acids is 1. The Morgan fingerprint density at radius 1 is 1.15 bits per heavy atom. The van der Waals surface area contributed by atoms with E-state index >= 15 is 0 Å². The summed E-state index contributed by atoms with van der Waals surface area (Å²) in [4.78, 5) is 12.4. The summed E-state index contributed by atoms with van der Waals surface area (Å²) in [5, 5.41) is 0. The van der Waals surface area contributed by atoms with Crippen molar-refractivity contribution >= 4 is 33.9 Å². The van der Waals surface area contributed by atoms with Gasteiger partial charge in [0.1, 0.15) is 11.3 Å². The van der Waals surface area contributed by atoms with Crippen molar-refractivity contribution in [3.05, 3.63) is 17.7 Å². The number of methoxy groups -OCH3 is 3. The van der Waals surface area contributed by atoms with Crippen LogP contribution < -0.4 is 14.2 Å². The van der Waals surface area contributed by atoms with E-state index in [9.17, 15) is 4.79 Å². The van der Waals surface area contributed by atoms with Crippen LogP contribution in [0.1, 0.15) is 30.1 Å². The van der Waals surface area contributed by atoms with Gasteiger partial charge < -0.3 is 14.2 Å². The molecule has 4 nitrogen and oxygen atoms in total.